The van der Waals surface area contributed by atoms with Crippen molar-refractivity contribution in [3.05, 3.63) is 34.2 Å². The molecule has 0 spiro atoms. The van der Waals surface area contributed by atoms with Crippen LogP contribution in [0.5, 0.6) is 0 Å². The fourth-order valence-electron chi connectivity index (χ4n) is 0.664. The van der Waals surface area contributed by atoms with E-state index in [2.05, 4.69) is 16.8 Å². The van der Waals surface area contributed by atoms with Gasteiger partial charge in [-0.25, -0.2) is 0 Å². The molecule has 56 valence electrons. The molecule has 1 heterocycles. The Balaban J connectivity index is 2.97. The fraction of sp³-hybridized carbons (Fsp3) is 0.125. The van der Waals surface area contributed by atoms with Gasteiger partial charge in [-0.15, -0.1) is 0 Å². The monoisotopic (exact) mass is 149 g/mol. The summed E-state index contributed by atoms with van der Waals surface area (Å²) in [5, 5.41) is 8.34. The molecule has 0 aromatic carbocycles. The summed E-state index contributed by atoms with van der Waals surface area (Å²) in [5.41, 5.74) is 0.428. The molecule has 3 heteroatoms. The Labute approximate surface area is 63.7 Å². The summed E-state index contributed by atoms with van der Waals surface area (Å²) in [7, 11) is 0. The molecule has 1 rings (SSSR count). The number of hydrogen-bond donors (Lipinski definition) is 2. The number of pyridine rings is 1. The number of H-pyrrole nitrogens is 1. The van der Waals surface area contributed by atoms with Crippen LogP contribution in [0.1, 0.15) is 5.56 Å². The zero-order chi connectivity index (χ0) is 8.10. The topological polar surface area (TPSA) is 53.1 Å². The second kappa shape index (κ2) is 3.59. The van der Waals surface area contributed by atoms with Crippen LogP contribution in [0.3, 0.4) is 0 Å². The lowest BCUT2D eigenvalue weighted by atomic mass is 10.3. The summed E-state index contributed by atoms with van der Waals surface area (Å²) in [5.74, 6) is 5.06. The molecule has 0 aliphatic heterocycles. The number of aromatic nitrogens is 1. The van der Waals surface area contributed by atoms with Crippen LogP contribution in [-0.4, -0.2) is 16.7 Å². The molecule has 0 amide bonds. The lowest BCUT2D eigenvalue weighted by molar-refractivity contribution is 0.350. The highest BCUT2D eigenvalue weighted by atomic mass is 16.2. The predicted molar refractivity (Wildman–Crippen MR) is 41.0 cm³/mol. The minimum atomic E-state index is -0.188. The smallest absolute Gasteiger partial charge is 0.249 e. The molecule has 0 unspecified atom stereocenters. The SMILES string of the molecule is O=c1cc(C#CCO)cc[nH]1. The molecule has 0 atom stereocenters. The number of aliphatic hydroxyl groups is 1. The van der Waals surface area contributed by atoms with Gasteiger partial charge in [-0.3, -0.25) is 4.79 Å². The van der Waals surface area contributed by atoms with E-state index in [1.165, 1.54) is 12.3 Å². The van der Waals surface area contributed by atoms with Crippen LogP contribution in [0, 0.1) is 11.8 Å². The van der Waals surface area contributed by atoms with Crippen molar-refractivity contribution in [1.29, 1.82) is 0 Å². The van der Waals surface area contributed by atoms with E-state index in [0.29, 0.717) is 5.56 Å². The van der Waals surface area contributed by atoms with E-state index < -0.39 is 0 Å². The number of aromatic amines is 1. The third-order valence-electron chi connectivity index (χ3n) is 1.09. The van der Waals surface area contributed by atoms with Crippen LogP contribution < -0.4 is 5.56 Å². The molecule has 1 aromatic heterocycles. The van der Waals surface area contributed by atoms with E-state index >= 15 is 0 Å². The number of nitrogens with one attached hydrogen (secondary N) is 1. The van der Waals surface area contributed by atoms with E-state index in [-0.39, 0.29) is 12.2 Å². The average molecular weight is 149 g/mol. The zero-order valence-electron chi connectivity index (χ0n) is 5.79. The minimum absolute atomic E-state index is 0.185. The molecule has 0 saturated carbocycles. The van der Waals surface area contributed by atoms with Gasteiger partial charge in [0.05, 0.1) is 0 Å². The first-order chi connectivity index (χ1) is 5.33. The Morgan fingerprint density at radius 3 is 3.09 bits per heavy atom. The van der Waals surface area contributed by atoms with Gasteiger partial charge in [0, 0.05) is 17.8 Å². The highest BCUT2D eigenvalue weighted by Crippen LogP contribution is 1.87. The quantitative estimate of drug-likeness (QED) is 0.498. The second-order valence-corrected chi connectivity index (χ2v) is 1.90. The van der Waals surface area contributed by atoms with Gasteiger partial charge in [0.2, 0.25) is 5.56 Å². The maximum absolute atomic E-state index is 10.7. The van der Waals surface area contributed by atoms with E-state index in [4.69, 9.17) is 5.11 Å². The largest absolute Gasteiger partial charge is 0.384 e. The van der Waals surface area contributed by atoms with E-state index in [1.807, 2.05) is 0 Å². The first-order valence-electron chi connectivity index (χ1n) is 3.11. The number of aliphatic hydroxyl groups excluding tert-OH is 1. The molecule has 1 aromatic rings. The van der Waals surface area contributed by atoms with Crippen molar-refractivity contribution in [2.24, 2.45) is 0 Å². The molecule has 2 N–H and O–H groups in total. The molecule has 0 aliphatic rings. The number of rotatable bonds is 0. The molecule has 0 bridgehead atoms. The van der Waals surface area contributed by atoms with Crippen LogP contribution in [0.2, 0.25) is 0 Å². The summed E-state index contributed by atoms with van der Waals surface area (Å²) in [4.78, 5) is 13.1. The average Bonchev–Trinajstić information content (AvgIpc) is 2.01. The molecular formula is C8H7NO2. The van der Waals surface area contributed by atoms with Gasteiger partial charge >= 0.3 is 0 Å². The predicted octanol–water partition coefficient (Wildman–Crippen LogP) is -0.281. The van der Waals surface area contributed by atoms with E-state index in [0.717, 1.165) is 0 Å². The summed E-state index contributed by atoms with van der Waals surface area (Å²) in [6.45, 7) is -0.188. The molecular weight excluding hydrogens is 142 g/mol. The number of hydrogen-bond acceptors (Lipinski definition) is 2. The molecule has 0 radical (unpaired) electrons. The van der Waals surface area contributed by atoms with Crippen LogP contribution in [0.4, 0.5) is 0 Å². The van der Waals surface area contributed by atoms with Gasteiger partial charge in [0.1, 0.15) is 6.61 Å². The summed E-state index contributed by atoms with van der Waals surface area (Å²) < 4.78 is 0. The lowest BCUT2D eigenvalue weighted by Crippen LogP contribution is -2.02. The minimum Gasteiger partial charge on any atom is -0.384 e. The zero-order valence-corrected chi connectivity index (χ0v) is 5.79. The van der Waals surface area contributed by atoms with Gasteiger partial charge in [-0.05, 0) is 6.07 Å². The summed E-state index contributed by atoms with van der Waals surface area (Å²) >= 11 is 0. The van der Waals surface area contributed by atoms with Gasteiger partial charge < -0.3 is 10.1 Å². The van der Waals surface area contributed by atoms with Crippen molar-refractivity contribution in [1.82, 2.24) is 4.98 Å². The Morgan fingerprint density at radius 1 is 1.64 bits per heavy atom. The van der Waals surface area contributed by atoms with Crippen molar-refractivity contribution in [3.63, 3.8) is 0 Å². The molecule has 0 saturated heterocycles. The Kier molecular flexibility index (Phi) is 2.47. The van der Waals surface area contributed by atoms with Crippen LogP contribution in [0.25, 0.3) is 0 Å². The maximum atomic E-state index is 10.7. The van der Waals surface area contributed by atoms with Crippen molar-refractivity contribution in [2.45, 2.75) is 0 Å². The van der Waals surface area contributed by atoms with Crippen LogP contribution >= 0.6 is 0 Å². The Bertz CT molecular complexity index is 343. The highest BCUT2D eigenvalue weighted by Gasteiger charge is 1.84. The highest BCUT2D eigenvalue weighted by molar-refractivity contribution is 5.31. The summed E-state index contributed by atoms with van der Waals surface area (Å²) in [6.07, 6.45) is 1.52. The molecule has 0 fully saturated rings. The van der Waals surface area contributed by atoms with Crippen LogP contribution in [-0.2, 0) is 0 Å². The Morgan fingerprint density at radius 2 is 2.45 bits per heavy atom. The van der Waals surface area contributed by atoms with E-state index in [1.54, 1.807) is 6.07 Å². The second-order valence-electron chi connectivity index (χ2n) is 1.90. The molecule has 11 heavy (non-hydrogen) atoms. The van der Waals surface area contributed by atoms with Gasteiger partial charge in [-0.2, -0.15) is 0 Å². The first-order valence-corrected chi connectivity index (χ1v) is 3.11. The third kappa shape index (κ3) is 2.28. The maximum Gasteiger partial charge on any atom is 0.249 e. The van der Waals surface area contributed by atoms with Gasteiger partial charge in [0.25, 0.3) is 0 Å². The van der Waals surface area contributed by atoms with Crippen molar-refractivity contribution in [2.75, 3.05) is 6.61 Å². The van der Waals surface area contributed by atoms with Gasteiger partial charge in [-0.1, -0.05) is 11.8 Å². The van der Waals surface area contributed by atoms with Gasteiger partial charge in [0.15, 0.2) is 0 Å². The third-order valence-corrected chi connectivity index (χ3v) is 1.09. The first kappa shape index (κ1) is 7.58. The lowest BCUT2D eigenvalue weighted by Gasteiger charge is -1.84. The van der Waals surface area contributed by atoms with Crippen molar-refractivity contribution >= 4 is 0 Å². The van der Waals surface area contributed by atoms with Crippen molar-refractivity contribution in [3.8, 4) is 11.8 Å². The van der Waals surface area contributed by atoms with Crippen LogP contribution in [0.15, 0.2) is 23.1 Å². The molecule has 3 nitrogen and oxygen atoms in total. The summed E-state index contributed by atoms with van der Waals surface area (Å²) in [6, 6.07) is 3.05. The van der Waals surface area contributed by atoms with E-state index in [9.17, 15) is 4.79 Å². The standard InChI is InChI=1S/C8H7NO2/c10-5-1-2-7-3-4-9-8(11)6-7/h3-4,6,10H,5H2,(H,9,11). The normalized spacial score (nSPS) is 8.45. The Hall–Kier alpha value is -1.53. The molecule has 0 aliphatic carbocycles. The van der Waals surface area contributed by atoms with Crippen molar-refractivity contribution < 1.29 is 5.11 Å². The fourth-order valence-corrected chi connectivity index (χ4v) is 0.664.